The molecule has 0 saturated heterocycles. The molecule has 0 aromatic rings. The summed E-state index contributed by atoms with van der Waals surface area (Å²) in [6.07, 6.45) is 6.39. The molecule has 0 N–H and O–H groups in total. The number of hydrogen-bond donors (Lipinski definition) is 0. The lowest BCUT2D eigenvalue weighted by atomic mass is 9.67. The SMILES string of the molecule is O=C([O-])C1CC2CC1C1C3CCC(C3)C21. The summed E-state index contributed by atoms with van der Waals surface area (Å²) in [7, 11) is 0. The molecule has 0 amide bonds. The van der Waals surface area contributed by atoms with Crippen LogP contribution >= 0.6 is 0 Å². The Morgan fingerprint density at radius 2 is 1.67 bits per heavy atom. The van der Waals surface area contributed by atoms with E-state index in [0.29, 0.717) is 5.92 Å². The van der Waals surface area contributed by atoms with Crippen molar-refractivity contribution >= 4 is 5.97 Å². The molecule has 0 radical (unpaired) electrons. The second-order valence-electron chi connectivity index (χ2n) is 6.31. The fraction of sp³-hybridized carbons (Fsp3) is 0.923. The molecule has 4 aliphatic rings. The number of carboxylic acid groups (broad SMARTS) is 1. The number of aliphatic carboxylic acids is 1. The van der Waals surface area contributed by atoms with Gasteiger partial charge in [-0.15, -0.1) is 0 Å². The molecule has 2 nitrogen and oxygen atoms in total. The fourth-order valence-corrected chi connectivity index (χ4v) is 5.84. The van der Waals surface area contributed by atoms with Crippen LogP contribution in [0.15, 0.2) is 0 Å². The molecule has 0 aromatic heterocycles. The molecule has 0 heterocycles. The Hall–Kier alpha value is -0.530. The van der Waals surface area contributed by atoms with Crippen LogP contribution in [-0.4, -0.2) is 5.97 Å². The lowest BCUT2D eigenvalue weighted by molar-refractivity contribution is -0.314. The summed E-state index contributed by atoms with van der Waals surface area (Å²) in [6.45, 7) is 0. The van der Waals surface area contributed by atoms with E-state index >= 15 is 0 Å². The van der Waals surface area contributed by atoms with E-state index in [4.69, 9.17) is 0 Å². The second kappa shape index (κ2) is 2.58. The van der Waals surface area contributed by atoms with Gasteiger partial charge in [0.2, 0.25) is 0 Å². The van der Waals surface area contributed by atoms with Crippen LogP contribution < -0.4 is 5.11 Å². The number of carboxylic acids is 1. The van der Waals surface area contributed by atoms with E-state index in [1.807, 2.05) is 0 Å². The number of carbonyl (C=O) groups excluding carboxylic acids is 1. The first-order chi connectivity index (χ1) is 7.25. The Morgan fingerprint density at radius 1 is 0.933 bits per heavy atom. The minimum atomic E-state index is -0.760. The zero-order chi connectivity index (χ0) is 10.2. The molecule has 4 rings (SSSR count). The molecular formula is C13H17O2-. The van der Waals surface area contributed by atoms with Gasteiger partial charge in [-0.2, -0.15) is 0 Å². The molecule has 15 heavy (non-hydrogen) atoms. The van der Waals surface area contributed by atoms with Crippen molar-refractivity contribution in [3.63, 3.8) is 0 Å². The van der Waals surface area contributed by atoms with E-state index in [1.165, 1.54) is 25.7 Å². The van der Waals surface area contributed by atoms with Gasteiger partial charge in [0.25, 0.3) is 0 Å². The van der Waals surface area contributed by atoms with Crippen LogP contribution in [0.4, 0.5) is 0 Å². The van der Waals surface area contributed by atoms with E-state index in [2.05, 4.69) is 0 Å². The summed E-state index contributed by atoms with van der Waals surface area (Å²) in [4.78, 5) is 11.1. The number of rotatable bonds is 1. The first kappa shape index (κ1) is 8.60. The zero-order valence-electron chi connectivity index (χ0n) is 8.89. The molecular weight excluding hydrogens is 188 g/mol. The third-order valence-corrected chi connectivity index (χ3v) is 6.04. The van der Waals surface area contributed by atoms with E-state index < -0.39 is 5.97 Å². The Kier molecular flexibility index (Phi) is 1.48. The highest BCUT2D eigenvalue weighted by Crippen LogP contribution is 2.68. The summed E-state index contributed by atoms with van der Waals surface area (Å²) < 4.78 is 0. The fourth-order valence-electron chi connectivity index (χ4n) is 5.84. The monoisotopic (exact) mass is 205 g/mol. The minimum absolute atomic E-state index is 0.0874. The van der Waals surface area contributed by atoms with Crippen LogP contribution in [-0.2, 0) is 4.79 Å². The third-order valence-electron chi connectivity index (χ3n) is 6.04. The first-order valence-corrected chi connectivity index (χ1v) is 6.46. The van der Waals surface area contributed by atoms with Crippen molar-refractivity contribution in [2.45, 2.75) is 32.1 Å². The lowest BCUT2D eigenvalue weighted by Crippen LogP contribution is -2.41. The summed E-state index contributed by atoms with van der Waals surface area (Å²) in [5, 5.41) is 11.1. The van der Waals surface area contributed by atoms with Crippen LogP contribution in [0.1, 0.15) is 32.1 Å². The highest BCUT2D eigenvalue weighted by atomic mass is 16.4. The Balaban J connectivity index is 1.68. The second-order valence-corrected chi connectivity index (χ2v) is 6.31. The lowest BCUT2D eigenvalue weighted by Gasteiger charge is -2.38. The predicted molar refractivity (Wildman–Crippen MR) is 52.5 cm³/mol. The van der Waals surface area contributed by atoms with Crippen LogP contribution in [0.25, 0.3) is 0 Å². The van der Waals surface area contributed by atoms with Gasteiger partial charge >= 0.3 is 0 Å². The van der Waals surface area contributed by atoms with Crippen molar-refractivity contribution in [1.29, 1.82) is 0 Å². The Morgan fingerprint density at radius 3 is 2.40 bits per heavy atom. The van der Waals surface area contributed by atoms with E-state index in [1.54, 1.807) is 0 Å². The van der Waals surface area contributed by atoms with Gasteiger partial charge in [-0.25, -0.2) is 0 Å². The van der Waals surface area contributed by atoms with Crippen molar-refractivity contribution in [2.75, 3.05) is 0 Å². The number of carbonyl (C=O) groups is 1. The summed E-state index contributed by atoms with van der Waals surface area (Å²) in [5.74, 6) is 3.96. The summed E-state index contributed by atoms with van der Waals surface area (Å²) >= 11 is 0. The van der Waals surface area contributed by atoms with E-state index in [-0.39, 0.29) is 5.92 Å². The summed E-state index contributed by atoms with van der Waals surface area (Å²) in [5.41, 5.74) is 0. The minimum Gasteiger partial charge on any atom is -0.550 e. The topological polar surface area (TPSA) is 40.1 Å². The van der Waals surface area contributed by atoms with Gasteiger partial charge in [0, 0.05) is 11.9 Å². The van der Waals surface area contributed by atoms with Gasteiger partial charge in [0.1, 0.15) is 0 Å². The van der Waals surface area contributed by atoms with Gasteiger partial charge in [-0.3, -0.25) is 0 Å². The first-order valence-electron chi connectivity index (χ1n) is 6.46. The average molecular weight is 205 g/mol. The predicted octanol–water partition coefficient (Wildman–Crippen LogP) is 1.05. The van der Waals surface area contributed by atoms with Gasteiger partial charge in [0.15, 0.2) is 0 Å². The molecule has 0 aromatic carbocycles. The largest absolute Gasteiger partial charge is 0.550 e. The highest BCUT2D eigenvalue weighted by Gasteiger charge is 2.62. The maximum Gasteiger partial charge on any atom is 0.0448 e. The van der Waals surface area contributed by atoms with E-state index in [0.717, 1.165) is 36.0 Å². The van der Waals surface area contributed by atoms with E-state index in [9.17, 15) is 9.90 Å². The highest BCUT2D eigenvalue weighted by molar-refractivity contribution is 5.69. The quantitative estimate of drug-likeness (QED) is 0.600. The molecule has 82 valence electrons. The molecule has 4 fully saturated rings. The maximum atomic E-state index is 11.1. The van der Waals surface area contributed by atoms with Gasteiger partial charge < -0.3 is 9.90 Å². The van der Waals surface area contributed by atoms with Crippen LogP contribution in [0, 0.1) is 41.4 Å². The molecule has 7 unspecified atom stereocenters. The van der Waals surface area contributed by atoms with Crippen LogP contribution in [0.5, 0.6) is 0 Å². The Labute approximate surface area is 90.1 Å². The van der Waals surface area contributed by atoms with Crippen molar-refractivity contribution in [1.82, 2.24) is 0 Å². The molecule has 2 heteroatoms. The van der Waals surface area contributed by atoms with Gasteiger partial charge in [-0.1, -0.05) is 0 Å². The smallest absolute Gasteiger partial charge is 0.0448 e. The van der Waals surface area contributed by atoms with Gasteiger partial charge in [0.05, 0.1) is 0 Å². The number of fused-ring (bicyclic) bond motifs is 9. The van der Waals surface area contributed by atoms with Crippen molar-refractivity contribution in [2.24, 2.45) is 41.4 Å². The normalized spacial score (nSPS) is 59.9. The van der Waals surface area contributed by atoms with Crippen LogP contribution in [0.3, 0.4) is 0 Å². The molecule has 4 aliphatic carbocycles. The zero-order valence-corrected chi connectivity index (χ0v) is 8.89. The summed E-state index contributed by atoms with van der Waals surface area (Å²) in [6, 6.07) is 0. The molecule has 7 atom stereocenters. The third kappa shape index (κ3) is 0.896. The van der Waals surface area contributed by atoms with Crippen LogP contribution in [0.2, 0.25) is 0 Å². The molecule has 0 spiro atoms. The maximum absolute atomic E-state index is 11.1. The van der Waals surface area contributed by atoms with Gasteiger partial charge in [-0.05, 0) is 67.6 Å². The standard InChI is InChI=1S/C13H18O2/c14-13(15)10-5-8-4-9(10)12-7-2-1-6(3-7)11(8)12/h6-12H,1-5H2,(H,14,15)/p-1. The van der Waals surface area contributed by atoms with Crippen molar-refractivity contribution in [3.8, 4) is 0 Å². The average Bonchev–Trinajstić information content (AvgIpc) is 2.95. The van der Waals surface area contributed by atoms with Crippen molar-refractivity contribution in [3.05, 3.63) is 0 Å². The molecule has 0 aliphatic heterocycles. The van der Waals surface area contributed by atoms with Crippen molar-refractivity contribution < 1.29 is 9.90 Å². The number of hydrogen-bond acceptors (Lipinski definition) is 2. The molecule has 4 saturated carbocycles. The Bertz CT molecular complexity index is 324. The molecule has 4 bridgehead atoms.